The summed E-state index contributed by atoms with van der Waals surface area (Å²) in [5, 5.41) is 4.00. The highest BCUT2D eigenvalue weighted by atomic mass is 32.2. The molecule has 0 saturated carbocycles. The first-order valence-corrected chi connectivity index (χ1v) is 6.61. The van der Waals surface area contributed by atoms with Crippen LogP contribution in [-0.4, -0.2) is 17.5 Å². The minimum atomic E-state index is -4.27. The largest absolute Gasteiger partial charge is 0.416 e. The van der Waals surface area contributed by atoms with Crippen molar-refractivity contribution in [2.75, 3.05) is 12.3 Å². The lowest BCUT2D eigenvalue weighted by atomic mass is 10.1. The molecule has 98 valence electrons. The van der Waals surface area contributed by atoms with E-state index in [9.17, 15) is 13.2 Å². The van der Waals surface area contributed by atoms with Gasteiger partial charge in [-0.3, -0.25) is 4.99 Å². The third-order valence-electron chi connectivity index (χ3n) is 2.52. The number of halogens is 3. The van der Waals surface area contributed by atoms with Crippen molar-refractivity contribution < 1.29 is 13.2 Å². The van der Waals surface area contributed by atoms with Gasteiger partial charge in [0.05, 0.1) is 5.56 Å². The molecule has 1 heterocycles. The van der Waals surface area contributed by atoms with Crippen molar-refractivity contribution in [2.45, 2.75) is 19.1 Å². The first kappa shape index (κ1) is 13.3. The topological polar surface area (TPSA) is 24.4 Å². The molecule has 0 aromatic heterocycles. The quantitative estimate of drug-likeness (QED) is 0.895. The first-order valence-electron chi connectivity index (χ1n) is 5.63. The number of aliphatic imine (C=N–C) groups is 1. The Hall–Kier alpha value is -1.17. The lowest BCUT2D eigenvalue weighted by Gasteiger charge is -2.13. The van der Waals surface area contributed by atoms with Gasteiger partial charge in [0.25, 0.3) is 0 Å². The molecule has 0 atom stereocenters. The van der Waals surface area contributed by atoms with E-state index in [-0.39, 0.29) is 0 Å². The van der Waals surface area contributed by atoms with Crippen LogP contribution in [0.5, 0.6) is 0 Å². The van der Waals surface area contributed by atoms with Crippen molar-refractivity contribution >= 4 is 16.9 Å². The molecule has 0 radical (unpaired) electrons. The zero-order valence-electron chi connectivity index (χ0n) is 9.63. The Kier molecular flexibility index (Phi) is 4.16. The van der Waals surface area contributed by atoms with Crippen LogP contribution in [0.2, 0.25) is 0 Å². The number of benzene rings is 1. The standard InChI is InChI=1S/C12H13F3N2S/c13-12(14,15)10-4-2-9(3-5-10)8-17-11-16-6-1-7-18-11/h2-5H,1,6-8H2,(H,16,17). The molecular formula is C12H13F3N2S. The number of hydrogen-bond donors (Lipinski definition) is 1. The van der Waals surface area contributed by atoms with E-state index in [0.717, 1.165) is 41.6 Å². The Morgan fingerprint density at radius 2 is 1.94 bits per heavy atom. The summed E-state index contributed by atoms with van der Waals surface area (Å²) in [7, 11) is 0. The van der Waals surface area contributed by atoms with E-state index in [2.05, 4.69) is 10.3 Å². The zero-order chi connectivity index (χ0) is 13.0. The van der Waals surface area contributed by atoms with Gasteiger partial charge in [0, 0.05) is 18.8 Å². The summed E-state index contributed by atoms with van der Waals surface area (Å²) in [6, 6.07) is 5.19. The van der Waals surface area contributed by atoms with Crippen LogP contribution >= 0.6 is 11.8 Å². The molecule has 2 rings (SSSR count). The fraction of sp³-hybridized carbons (Fsp3) is 0.417. The summed E-state index contributed by atoms with van der Waals surface area (Å²) in [6.07, 6.45) is -3.19. The number of alkyl halides is 3. The molecule has 0 saturated heterocycles. The van der Waals surface area contributed by atoms with Crippen LogP contribution in [0.25, 0.3) is 0 Å². The van der Waals surface area contributed by atoms with Crippen molar-refractivity contribution in [1.29, 1.82) is 0 Å². The monoisotopic (exact) mass is 274 g/mol. The maximum Gasteiger partial charge on any atom is 0.416 e. The van der Waals surface area contributed by atoms with Crippen LogP contribution in [0.15, 0.2) is 29.3 Å². The summed E-state index contributed by atoms with van der Waals surface area (Å²) in [5.74, 6) is 1.04. The molecule has 0 aliphatic carbocycles. The molecule has 2 nitrogen and oxygen atoms in total. The average molecular weight is 274 g/mol. The van der Waals surface area contributed by atoms with Crippen LogP contribution in [0.3, 0.4) is 0 Å². The molecule has 1 N–H and O–H groups in total. The summed E-state index contributed by atoms with van der Waals surface area (Å²) in [4.78, 5) is 4.29. The highest BCUT2D eigenvalue weighted by Crippen LogP contribution is 2.29. The highest BCUT2D eigenvalue weighted by Gasteiger charge is 2.29. The molecule has 1 aliphatic heterocycles. The summed E-state index contributed by atoms with van der Waals surface area (Å²) in [6.45, 7) is 1.33. The fourth-order valence-electron chi connectivity index (χ4n) is 1.56. The summed E-state index contributed by atoms with van der Waals surface area (Å²) < 4.78 is 37.1. The normalized spacial score (nSPS) is 16.3. The van der Waals surface area contributed by atoms with Gasteiger partial charge in [-0.1, -0.05) is 23.9 Å². The molecular weight excluding hydrogens is 261 g/mol. The fourth-order valence-corrected chi connectivity index (χ4v) is 2.38. The zero-order valence-corrected chi connectivity index (χ0v) is 10.4. The second-order valence-electron chi connectivity index (χ2n) is 3.94. The van der Waals surface area contributed by atoms with E-state index in [1.54, 1.807) is 11.8 Å². The Morgan fingerprint density at radius 1 is 1.22 bits per heavy atom. The number of hydrogen-bond acceptors (Lipinski definition) is 3. The average Bonchev–Trinajstić information content (AvgIpc) is 2.37. The van der Waals surface area contributed by atoms with E-state index in [1.165, 1.54) is 12.1 Å². The third kappa shape index (κ3) is 3.66. The van der Waals surface area contributed by atoms with E-state index in [0.29, 0.717) is 6.54 Å². The van der Waals surface area contributed by atoms with E-state index in [4.69, 9.17) is 0 Å². The van der Waals surface area contributed by atoms with Crippen LogP contribution in [0.4, 0.5) is 13.2 Å². The maximum absolute atomic E-state index is 12.4. The Morgan fingerprint density at radius 3 is 2.50 bits per heavy atom. The van der Waals surface area contributed by atoms with Gasteiger partial charge in [0.2, 0.25) is 0 Å². The van der Waals surface area contributed by atoms with Gasteiger partial charge in [0.15, 0.2) is 5.17 Å². The van der Waals surface area contributed by atoms with E-state index >= 15 is 0 Å². The summed E-state index contributed by atoms with van der Waals surface area (Å²) >= 11 is 1.65. The maximum atomic E-state index is 12.4. The van der Waals surface area contributed by atoms with Gasteiger partial charge in [-0.25, -0.2) is 0 Å². The third-order valence-corrected chi connectivity index (χ3v) is 3.56. The minimum Gasteiger partial charge on any atom is -0.361 e. The second kappa shape index (κ2) is 5.65. The molecule has 1 aliphatic rings. The molecule has 18 heavy (non-hydrogen) atoms. The van der Waals surface area contributed by atoms with Gasteiger partial charge in [0.1, 0.15) is 0 Å². The second-order valence-corrected chi connectivity index (χ2v) is 5.02. The lowest BCUT2D eigenvalue weighted by molar-refractivity contribution is -0.137. The number of amidine groups is 1. The van der Waals surface area contributed by atoms with E-state index < -0.39 is 11.7 Å². The molecule has 0 amide bonds. The number of rotatable bonds is 2. The van der Waals surface area contributed by atoms with Crippen molar-refractivity contribution in [1.82, 2.24) is 5.32 Å². The number of nitrogens with zero attached hydrogens (tertiary/aromatic N) is 1. The van der Waals surface area contributed by atoms with Crippen LogP contribution < -0.4 is 5.32 Å². The van der Waals surface area contributed by atoms with Gasteiger partial charge in [-0.05, 0) is 24.1 Å². The van der Waals surface area contributed by atoms with E-state index in [1.807, 2.05) is 0 Å². The van der Waals surface area contributed by atoms with Crippen molar-refractivity contribution in [3.63, 3.8) is 0 Å². The number of nitrogens with one attached hydrogen (secondary N) is 1. The SMILES string of the molecule is FC(F)(F)c1ccc(CNC2=NCCCS2)cc1. The molecule has 0 spiro atoms. The first-order chi connectivity index (χ1) is 8.55. The van der Waals surface area contributed by atoms with Gasteiger partial charge in [-0.15, -0.1) is 0 Å². The van der Waals surface area contributed by atoms with Crippen molar-refractivity contribution in [3.05, 3.63) is 35.4 Å². The molecule has 0 bridgehead atoms. The van der Waals surface area contributed by atoms with Crippen molar-refractivity contribution in [3.8, 4) is 0 Å². The van der Waals surface area contributed by atoms with Crippen LogP contribution in [-0.2, 0) is 12.7 Å². The molecule has 0 unspecified atom stereocenters. The lowest BCUT2D eigenvalue weighted by Crippen LogP contribution is -2.23. The van der Waals surface area contributed by atoms with Crippen LogP contribution in [0.1, 0.15) is 17.5 Å². The van der Waals surface area contributed by atoms with Gasteiger partial charge in [-0.2, -0.15) is 13.2 Å². The predicted molar refractivity (Wildman–Crippen MR) is 67.7 cm³/mol. The van der Waals surface area contributed by atoms with Gasteiger partial charge >= 0.3 is 6.18 Å². The summed E-state index contributed by atoms with van der Waals surface area (Å²) in [5.41, 5.74) is 0.201. The van der Waals surface area contributed by atoms with Crippen molar-refractivity contribution in [2.24, 2.45) is 4.99 Å². The highest BCUT2D eigenvalue weighted by molar-refractivity contribution is 8.13. The Bertz CT molecular complexity index is 426. The number of thioether (sulfide) groups is 1. The molecule has 6 heteroatoms. The van der Waals surface area contributed by atoms with Crippen LogP contribution in [0, 0.1) is 0 Å². The Balaban J connectivity index is 1.92. The Labute approximate surface area is 108 Å². The minimum absolute atomic E-state index is 0.504. The molecule has 0 fully saturated rings. The molecule has 1 aromatic carbocycles. The predicted octanol–water partition coefficient (Wildman–Crippen LogP) is 3.29. The molecule has 1 aromatic rings. The smallest absolute Gasteiger partial charge is 0.361 e. The van der Waals surface area contributed by atoms with Gasteiger partial charge < -0.3 is 5.32 Å².